The number of carboxylic acid groups (broad SMARTS) is 1. The molecule has 0 aliphatic rings. The van der Waals surface area contributed by atoms with Gasteiger partial charge < -0.3 is 63.1 Å². The zero-order chi connectivity index (χ0) is 82.2. The van der Waals surface area contributed by atoms with Crippen LogP contribution in [0.5, 0.6) is 0 Å². The molecule has 0 radical (unpaired) electrons. The first-order valence-electron chi connectivity index (χ1n) is 35.3. The Morgan fingerprint density at radius 2 is 0.438 bits per heavy atom. The molecule has 105 heavy (non-hydrogen) atoms. The molecule has 0 spiro atoms. The lowest BCUT2D eigenvalue weighted by molar-refractivity contribution is -0.165. The number of carbonyl (C=O) groups is 13. The van der Waals surface area contributed by atoms with Gasteiger partial charge >= 0.3 is 65.7 Å². The second-order valence-corrected chi connectivity index (χ2v) is 35.7. The number of carboxylic acids is 1. The van der Waals surface area contributed by atoms with E-state index in [0.29, 0.717) is 0 Å². The molecule has 0 saturated carbocycles. The van der Waals surface area contributed by atoms with Crippen molar-refractivity contribution in [1.29, 1.82) is 0 Å². The number of nitrogens with zero attached hydrogens (tertiary/aromatic N) is 6. The normalized spacial score (nSPS) is 13.9. The fourth-order valence-electron chi connectivity index (χ4n) is 9.52. The van der Waals surface area contributed by atoms with Crippen LogP contribution in [0, 0.1) is 0 Å². The van der Waals surface area contributed by atoms with E-state index in [4.69, 9.17) is 47.4 Å². The third-order valence-electron chi connectivity index (χ3n) is 12.6. The van der Waals surface area contributed by atoms with E-state index in [0.717, 1.165) is 9.80 Å². The summed E-state index contributed by atoms with van der Waals surface area (Å²) in [7, 11) is 0. The van der Waals surface area contributed by atoms with Crippen molar-refractivity contribution < 1.29 is 115 Å². The van der Waals surface area contributed by atoms with Crippen LogP contribution < -0.4 is 10.6 Å². The molecule has 0 aliphatic carbocycles. The highest BCUT2D eigenvalue weighted by Gasteiger charge is 2.40. The molecule has 606 valence electrons. The van der Waals surface area contributed by atoms with E-state index in [1.165, 1.54) is 19.6 Å². The summed E-state index contributed by atoms with van der Waals surface area (Å²) in [4.78, 5) is 190. The molecule has 3 unspecified atom stereocenters. The maximum Gasteiger partial charge on any atom is 0.328 e. The van der Waals surface area contributed by atoms with Gasteiger partial charge in [-0.2, -0.15) is 0 Å². The van der Waals surface area contributed by atoms with E-state index in [1.807, 2.05) is 0 Å². The highest BCUT2D eigenvalue weighted by Crippen LogP contribution is 2.20. The Labute approximate surface area is 623 Å². The number of esters is 10. The summed E-state index contributed by atoms with van der Waals surface area (Å²) in [6.07, 6.45) is 0. The van der Waals surface area contributed by atoms with Gasteiger partial charge in [-0.25, -0.2) is 4.79 Å². The minimum absolute atomic E-state index is 0.216. The van der Waals surface area contributed by atoms with Crippen molar-refractivity contribution >= 4 is 77.5 Å². The van der Waals surface area contributed by atoms with Crippen molar-refractivity contribution in [2.75, 3.05) is 111 Å². The van der Waals surface area contributed by atoms with E-state index in [2.05, 4.69) is 10.6 Å². The van der Waals surface area contributed by atoms with Crippen molar-refractivity contribution in [2.45, 2.75) is 282 Å². The zero-order valence-electron chi connectivity index (χ0n) is 68.8. The summed E-state index contributed by atoms with van der Waals surface area (Å²) in [5, 5.41) is 16.1. The first-order valence-corrected chi connectivity index (χ1v) is 35.3. The van der Waals surface area contributed by atoms with Gasteiger partial charge in [0.05, 0.1) is 65.4 Å². The number of carbonyl (C=O) groups excluding carboxylic acids is 12. The molecular formula is C73H130N8O24. The number of ether oxygens (including phenoxy) is 10. The standard InChI is InChI=1S/C73H130N8O24/c1-64(2,3)96-51(82)38-76(31-33-78(40-53(84)98-66(7,8)9)41-54(85)99-67(10,11)12)36-49(80(44-57(88)102-70(19,20)21)45-58(89)103-71(22,23)24)61(92)74-35-48(63(94)95)75-62(93)50(81(46-59(90)104-72(25,26)27)47-60(91)105-73(28,29)30)37-77(39-52(83)97-65(4,5)6)32-34-79(42-55(86)100-68(13,14)15)43-56(87)101-69(16,17)18/h48-50H,31-47H2,1-30H3,(H,74,92)(H,75,93)(H,94,95). The molecule has 0 aromatic rings. The molecular weight excluding hydrogens is 1370 g/mol. The first kappa shape index (κ1) is 97.9. The fourth-order valence-corrected chi connectivity index (χ4v) is 9.52. The number of rotatable bonds is 38. The molecule has 3 N–H and O–H groups in total. The number of aliphatic carboxylic acids is 1. The third-order valence-corrected chi connectivity index (χ3v) is 12.6. The van der Waals surface area contributed by atoms with E-state index in [1.54, 1.807) is 208 Å². The van der Waals surface area contributed by atoms with Gasteiger partial charge in [-0.3, -0.25) is 86.9 Å². The van der Waals surface area contributed by atoms with Gasteiger partial charge in [-0.1, -0.05) is 0 Å². The smallest absolute Gasteiger partial charge is 0.328 e. The van der Waals surface area contributed by atoms with Gasteiger partial charge in [-0.15, -0.1) is 0 Å². The maximum absolute atomic E-state index is 15.5. The minimum Gasteiger partial charge on any atom is -0.480 e. The first-order chi connectivity index (χ1) is 46.9. The van der Waals surface area contributed by atoms with Crippen molar-refractivity contribution in [3.8, 4) is 0 Å². The monoisotopic (exact) mass is 1500 g/mol. The molecule has 0 fully saturated rings. The van der Waals surface area contributed by atoms with Gasteiger partial charge in [0.25, 0.3) is 0 Å². The summed E-state index contributed by atoms with van der Waals surface area (Å²) in [6, 6.07) is -5.77. The van der Waals surface area contributed by atoms with Crippen LogP contribution in [-0.4, -0.2) is 297 Å². The predicted octanol–water partition coefficient (Wildman–Crippen LogP) is 4.64. The largest absolute Gasteiger partial charge is 0.480 e. The van der Waals surface area contributed by atoms with E-state index < -0.39 is 237 Å². The number of amides is 2. The summed E-state index contributed by atoms with van der Waals surface area (Å²) < 4.78 is 56.6. The second kappa shape index (κ2) is 40.7. The Kier molecular flexibility index (Phi) is 38.0. The molecule has 0 rings (SSSR count). The van der Waals surface area contributed by atoms with Crippen LogP contribution in [-0.2, 0) is 110 Å². The highest BCUT2D eigenvalue weighted by molar-refractivity contribution is 5.90. The topological polar surface area (TPSA) is 378 Å². The average molecular weight is 1500 g/mol. The van der Waals surface area contributed by atoms with Crippen LogP contribution in [0.4, 0.5) is 0 Å². The molecule has 0 aromatic heterocycles. The van der Waals surface area contributed by atoms with Gasteiger partial charge in [0.15, 0.2) is 0 Å². The molecule has 2 amide bonds. The van der Waals surface area contributed by atoms with E-state index in [9.17, 15) is 57.8 Å². The molecule has 0 aromatic carbocycles. The lowest BCUT2D eigenvalue weighted by atomic mass is 10.1. The van der Waals surface area contributed by atoms with Crippen LogP contribution in [0.3, 0.4) is 0 Å². The van der Waals surface area contributed by atoms with Crippen molar-refractivity contribution in [1.82, 2.24) is 40.0 Å². The summed E-state index contributed by atoms with van der Waals surface area (Å²) >= 11 is 0. The number of hydrogen-bond acceptors (Lipinski definition) is 29. The quantitative estimate of drug-likeness (QED) is 0.0560. The second-order valence-electron chi connectivity index (χ2n) is 35.7. The molecule has 0 bridgehead atoms. The highest BCUT2D eigenvalue weighted by atomic mass is 16.6. The third kappa shape index (κ3) is 51.7. The van der Waals surface area contributed by atoms with Gasteiger partial charge in [0.2, 0.25) is 11.8 Å². The van der Waals surface area contributed by atoms with Gasteiger partial charge in [0, 0.05) is 45.8 Å². The van der Waals surface area contributed by atoms with Crippen LogP contribution in [0.25, 0.3) is 0 Å². The average Bonchev–Trinajstić information content (AvgIpc) is 0.839. The molecule has 0 aliphatic heterocycles. The van der Waals surface area contributed by atoms with Crippen LogP contribution in [0.15, 0.2) is 0 Å². The lowest BCUT2D eigenvalue weighted by Crippen LogP contribution is -2.61. The molecule has 32 nitrogen and oxygen atoms in total. The molecule has 32 heteroatoms. The Morgan fingerprint density at radius 3 is 0.629 bits per heavy atom. The molecule has 3 atom stereocenters. The Bertz CT molecular complexity index is 2800. The Morgan fingerprint density at radius 1 is 0.267 bits per heavy atom. The minimum atomic E-state index is -2.13. The summed E-state index contributed by atoms with van der Waals surface area (Å²) in [5.41, 5.74) is -10.5. The fraction of sp³-hybridized carbons (Fsp3) is 0.822. The Hall–Kier alpha value is -7.13. The van der Waals surface area contributed by atoms with Gasteiger partial charge in [0.1, 0.15) is 74.1 Å². The van der Waals surface area contributed by atoms with Crippen molar-refractivity contribution in [3.05, 3.63) is 0 Å². The maximum atomic E-state index is 15.5. The SMILES string of the molecule is CC(C)(C)OC(=O)CN(CCN(CC(=O)OC(C)(C)C)CC(C(=O)NCC(NC(=O)C(CN(CCN(CC(=O)OC(C)(C)C)CC(=O)OC(C)(C)C)CC(=O)OC(C)(C)C)N(CC(=O)OC(C)(C)C)CC(=O)OC(C)(C)C)C(=O)O)N(CC(=O)OC(C)(C)C)CC(=O)OC(C)(C)C)CC(=O)OC(C)(C)C. The van der Waals surface area contributed by atoms with Crippen LogP contribution >= 0.6 is 0 Å². The predicted molar refractivity (Wildman–Crippen MR) is 388 cm³/mol. The number of hydrogen-bond donors (Lipinski definition) is 3. The zero-order valence-corrected chi connectivity index (χ0v) is 68.8. The van der Waals surface area contributed by atoms with Crippen LogP contribution in [0.1, 0.15) is 208 Å². The van der Waals surface area contributed by atoms with Gasteiger partial charge in [-0.05, 0) is 208 Å². The summed E-state index contributed by atoms with van der Waals surface area (Å²) in [6.45, 7) is 38.5. The van der Waals surface area contributed by atoms with E-state index in [-0.39, 0.29) is 26.2 Å². The lowest BCUT2D eigenvalue weighted by Gasteiger charge is -2.36. The molecule has 0 saturated heterocycles. The Balaban J connectivity index is 8.87. The summed E-state index contributed by atoms with van der Waals surface area (Å²) in [5.74, 6) is -12.6. The number of nitrogens with one attached hydrogen (secondary N) is 2. The van der Waals surface area contributed by atoms with Crippen molar-refractivity contribution in [3.63, 3.8) is 0 Å². The van der Waals surface area contributed by atoms with Crippen molar-refractivity contribution in [2.24, 2.45) is 0 Å². The van der Waals surface area contributed by atoms with E-state index >= 15 is 9.59 Å². The van der Waals surface area contributed by atoms with Crippen LogP contribution in [0.2, 0.25) is 0 Å². The molecule has 0 heterocycles.